The van der Waals surface area contributed by atoms with Crippen LogP contribution in [-0.2, 0) is 19.9 Å². The van der Waals surface area contributed by atoms with Gasteiger partial charge in [-0.15, -0.1) is 0 Å². The lowest BCUT2D eigenvalue weighted by Gasteiger charge is -2.05. The molecule has 0 saturated heterocycles. The van der Waals surface area contributed by atoms with Crippen LogP contribution in [0.25, 0.3) is 0 Å². The lowest BCUT2D eigenvalue weighted by Crippen LogP contribution is -2.20. The molecule has 0 unspecified atom stereocenters. The molecule has 7 heteroatoms. The van der Waals surface area contributed by atoms with Gasteiger partial charge < -0.3 is 0 Å². The predicted molar refractivity (Wildman–Crippen MR) is 90.9 cm³/mol. The van der Waals surface area contributed by atoms with E-state index in [1.807, 2.05) is 0 Å². The Labute approximate surface area is 147 Å². The molecule has 0 radical (unpaired) electrons. The van der Waals surface area contributed by atoms with E-state index in [2.05, 4.69) is 10.1 Å². The van der Waals surface area contributed by atoms with Crippen LogP contribution in [0.3, 0.4) is 0 Å². The number of carbonyl (C=O) groups excluding carboxylic acids is 1. The molecule has 1 aromatic carbocycles. The first kappa shape index (κ1) is 17.6. The number of aromatic nitrogens is 3. The van der Waals surface area contributed by atoms with Crippen molar-refractivity contribution in [2.75, 3.05) is 0 Å². The minimum atomic E-state index is -0.635. The molecule has 0 aliphatic carbocycles. The molecule has 0 aliphatic rings. The molecule has 2 heterocycles. The molecule has 0 spiro atoms. The Bertz CT molecular complexity index is 994. The van der Waals surface area contributed by atoms with E-state index in [0.717, 1.165) is 16.3 Å². The Morgan fingerprint density at radius 2 is 1.77 bits per heavy atom. The molecule has 3 rings (SSSR count). The number of ketones is 1. The van der Waals surface area contributed by atoms with Crippen molar-refractivity contribution in [2.24, 2.45) is 7.05 Å². The lowest BCUT2D eigenvalue weighted by molar-refractivity contribution is 0.0986. The van der Waals surface area contributed by atoms with Crippen LogP contribution in [0.1, 0.15) is 27.3 Å². The largest absolute Gasteiger partial charge is 0.292 e. The minimum absolute atomic E-state index is 0.0234. The Morgan fingerprint density at radius 3 is 2.38 bits per heavy atom. The van der Waals surface area contributed by atoms with Gasteiger partial charge in [0, 0.05) is 25.4 Å². The Balaban J connectivity index is 1.71. The van der Waals surface area contributed by atoms with E-state index in [1.54, 1.807) is 12.1 Å². The number of nitrogens with zero attached hydrogens (tertiary/aromatic N) is 3. The highest BCUT2D eigenvalue weighted by molar-refractivity contribution is 5.95. The molecule has 5 nitrogen and oxygen atoms in total. The van der Waals surface area contributed by atoms with Crippen molar-refractivity contribution in [2.45, 2.75) is 12.8 Å². The summed E-state index contributed by atoms with van der Waals surface area (Å²) in [5, 5.41) is 4.01. The Kier molecular flexibility index (Phi) is 4.97. The maximum absolute atomic E-state index is 13.2. The maximum Gasteiger partial charge on any atom is 0.266 e. The van der Waals surface area contributed by atoms with Gasteiger partial charge in [-0.2, -0.15) is 5.10 Å². The third-order valence-corrected chi connectivity index (χ3v) is 3.80. The molecule has 2 aromatic heterocycles. The number of hydrogen-bond acceptors (Lipinski definition) is 4. The molecule has 0 bridgehead atoms. The summed E-state index contributed by atoms with van der Waals surface area (Å²) >= 11 is 0. The maximum atomic E-state index is 13.2. The van der Waals surface area contributed by atoms with E-state index >= 15 is 0 Å². The van der Waals surface area contributed by atoms with Crippen LogP contribution in [0.4, 0.5) is 8.78 Å². The second-order valence-electron chi connectivity index (χ2n) is 5.89. The summed E-state index contributed by atoms with van der Waals surface area (Å²) in [6.45, 7) is 0. The van der Waals surface area contributed by atoms with E-state index < -0.39 is 11.6 Å². The standard InChI is InChI=1S/C19H15F2N3O2/c1-24-19(26)5-3-16(23-24)10-18(25)17-4-2-12(11-22-17)6-13-7-14(20)9-15(21)8-13/h2-5,7-9,11H,6,10H2,1H3. The van der Waals surface area contributed by atoms with Gasteiger partial charge in [0.05, 0.1) is 12.1 Å². The van der Waals surface area contributed by atoms with Crippen molar-refractivity contribution in [1.82, 2.24) is 14.8 Å². The van der Waals surface area contributed by atoms with E-state index in [0.29, 0.717) is 17.7 Å². The second kappa shape index (κ2) is 7.35. The molecule has 26 heavy (non-hydrogen) atoms. The minimum Gasteiger partial charge on any atom is -0.292 e. The smallest absolute Gasteiger partial charge is 0.266 e. The topological polar surface area (TPSA) is 64.8 Å². The van der Waals surface area contributed by atoms with E-state index in [4.69, 9.17) is 0 Å². The highest BCUT2D eigenvalue weighted by atomic mass is 19.1. The molecule has 3 aromatic rings. The molecule has 0 fully saturated rings. The lowest BCUT2D eigenvalue weighted by atomic mass is 10.0. The number of aryl methyl sites for hydroxylation is 1. The highest BCUT2D eigenvalue weighted by Gasteiger charge is 2.11. The summed E-state index contributed by atoms with van der Waals surface area (Å²) in [6.07, 6.45) is 1.83. The van der Waals surface area contributed by atoms with Crippen LogP contribution in [0.5, 0.6) is 0 Å². The molecular weight excluding hydrogens is 340 g/mol. The monoisotopic (exact) mass is 355 g/mol. The average molecular weight is 355 g/mol. The summed E-state index contributed by atoms with van der Waals surface area (Å²) in [5.74, 6) is -1.51. The van der Waals surface area contributed by atoms with Crippen LogP contribution < -0.4 is 5.56 Å². The van der Waals surface area contributed by atoms with Crippen LogP contribution in [-0.4, -0.2) is 20.5 Å². The third kappa shape index (κ3) is 4.24. The number of Topliss-reactive ketones (excluding diaryl/α,β-unsaturated/α-hetero) is 1. The average Bonchev–Trinajstić information content (AvgIpc) is 2.58. The summed E-state index contributed by atoms with van der Waals surface area (Å²) < 4.78 is 27.6. The number of hydrogen-bond donors (Lipinski definition) is 0. The number of carbonyl (C=O) groups is 1. The van der Waals surface area contributed by atoms with Gasteiger partial charge in [0.1, 0.15) is 17.3 Å². The fraction of sp³-hybridized carbons (Fsp3) is 0.158. The van der Waals surface area contributed by atoms with Gasteiger partial charge in [0.2, 0.25) is 0 Å². The van der Waals surface area contributed by atoms with Crippen LogP contribution in [0, 0.1) is 11.6 Å². The predicted octanol–water partition coefficient (Wildman–Crippen LogP) is 2.47. The van der Waals surface area contributed by atoms with Gasteiger partial charge in [-0.25, -0.2) is 13.5 Å². The zero-order valence-corrected chi connectivity index (χ0v) is 13.9. The van der Waals surface area contributed by atoms with Gasteiger partial charge in [-0.05, 0) is 41.8 Å². The number of halogens is 2. The molecule has 0 aliphatic heterocycles. The molecular formula is C19H15F2N3O2. The van der Waals surface area contributed by atoms with Crippen molar-refractivity contribution in [1.29, 1.82) is 0 Å². The molecule has 0 saturated carbocycles. The summed E-state index contributed by atoms with van der Waals surface area (Å²) in [7, 11) is 1.51. The molecule has 0 atom stereocenters. The number of benzene rings is 1. The number of rotatable bonds is 5. The SMILES string of the molecule is Cn1nc(CC(=O)c2ccc(Cc3cc(F)cc(F)c3)cn2)ccc1=O. The fourth-order valence-electron chi connectivity index (χ4n) is 2.54. The van der Waals surface area contributed by atoms with Crippen LogP contribution in [0.2, 0.25) is 0 Å². The van der Waals surface area contributed by atoms with Crippen molar-refractivity contribution in [3.63, 3.8) is 0 Å². The van der Waals surface area contributed by atoms with Crippen molar-refractivity contribution >= 4 is 5.78 Å². The highest BCUT2D eigenvalue weighted by Crippen LogP contribution is 2.13. The van der Waals surface area contributed by atoms with E-state index in [-0.39, 0.29) is 23.5 Å². The zero-order chi connectivity index (χ0) is 18.7. The summed E-state index contributed by atoms with van der Waals surface area (Å²) in [4.78, 5) is 27.7. The quantitative estimate of drug-likeness (QED) is 0.660. The van der Waals surface area contributed by atoms with Crippen molar-refractivity contribution in [3.05, 3.63) is 93.2 Å². The zero-order valence-electron chi connectivity index (χ0n) is 13.9. The van der Waals surface area contributed by atoms with Crippen LogP contribution >= 0.6 is 0 Å². The van der Waals surface area contributed by atoms with Gasteiger partial charge in [0.15, 0.2) is 5.78 Å². The second-order valence-corrected chi connectivity index (χ2v) is 5.89. The van der Waals surface area contributed by atoms with Crippen molar-refractivity contribution < 1.29 is 13.6 Å². The fourth-order valence-corrected chi connectivity index (χ4v) is 2.54. The Hall–Kier alpha value is -3.22. The molecule has 132 valence electrons. The first-order chi connectivity index (χ1) is 12.4. The van der Waals surface area contributed by atoms with Gasteiger partial charge in [0.25, 0.3) is 5.56 Å². The van der Waals surface area contributed by atoms with Gasteiger partial charge in [-0.1, -0.05) is 6.07 Å². The van der Waals surface area contributed by atoms with Crippen molar-refractivity contribution in [3.8, 4) is 0 Å². The summed E-state index contributed by atoms with van der Waals surface area (Å²) in [6, 6.07) is 9.45. The molecule has 0 amide bonds. The number of pyridine rings is 1. The molecule has 0 N–H and O–H groups in total. The first-order valence-corrected chi connectivity index (χ1v) is 7.87. The third-order valence-electron chi connectivity index (χ3n) is 3.80. The van der Waals surface area contributed by atoms with Gasteiger partial charge in [-0.3, -0.25) is 14.6 Å². The van der Waals surface area contributed by atoms with E-state index in [9.17, 15) is 18.4 Å². The van der Waals surface area contributed by atoms with E-state index in [1.165, 1.54) is 37.5 Å². The van der Waals surface area contributed by atoms with Crippen LogP contribution in [0.15, 0.2) is 53.5 Å². The first-order valence-electron chi connectivity index (χ1n) is 7.87. The Morgan fingerprint density at radius 1 is 1.04 bits per heavy atom. The normalized spacial score (nSPS) is 10.7. The van der Waals surface area contributed by atoms with Gasteiger partial charge >= 0.3 is 0 Å². The summed E-state index contributed by atoms with van der Waals surface area (Å²) in [5.41, 5.74) is 1.69.